The van der Waals surface area contributed by atoms with Crippen LogP contribution < -0.4 is 9.64 Å². The highest BCUT2D eigenvalue weighted by molar-refractivity contribution is 5.78. The number of likely N-dealkylation sites (N-methyl/N-ethyl adjacent to an activating group) is 1. The van der Waals surface area contributed by atoms with Crippen molar-refractivity contribution in [1.82, 2.24) is 19.8 Å². The van der Waals surface area contributed by atoms with Gasteiger partial charge in [-0.05, 0) is 63.2 Å². The molecule has 0 saturated heterocycles. The number of hydrogen-bond acceptors (Lipinski definition) is 6. The van der Waals surface area contributed by atoms with Gasteiger partial charge in [0.05, 0.1) is 25.0 Å². The molecule has 1 aromatic heterocycles. The fraction of sp³-hybridized carbons (Fsp3) is 0.414. The molecule has 2 aliphatic rings. The summed E-state index contributed by atoms with van der Waals surface area (Å²) in [4.78, 5) is 27.1. The molecule has 7 nitrogen and oxygen atoms in total. The number of carbonyl (C=O) groups excluding carboxylic acids is 1. The monoisotopic (exact) mass is 521 g/mol. The van der Waals surface area contributed by atoms with Crippen molar-refractivity contribution in [3.63, 3.8) is 0 Å². The molecule has 0 atom stereocenters. The van der Waals surface area contributed by atoms with Gasteiger partial charge in [0.1, 0.15) is 18.1 Å². The Morgan fingerprint density at radius 3 is 2.68 bits per heavy atom. The molecule has 2 aliphatic heterocycles. The van der Waals surface area contributed by atoms with Crippen molar-refractivity contribution in [3.05, 3.63) is 70.7 Å². The van der Waals surface area contributed by atoms with Crippen LogP contribution in [0.2, 0.25) is 0 Å². The Morgan fingerprint density at radius 1 is 1.11 bits per heavy atom. The number of hydrogen-bond donors (Lipinski definition) is 0. The fourth-order valence-electron chi connectivity index (χ4n) is 5.15. The van der Waals surface area contributed by atoms with Crippen molar-refractivity contribution in [2.75, 3.05) is 45.2 Å². The normalized spacial score (nSPS) is 14.9. The summed E-state index contributed by atoms with van der Waals surface area (Å²) >= 11 is 0. The topological polar surface area (TPSA) is 61.8 Å². The van der Waals surface area contributed by atoms with Crippen molar-refractivity contribution in [3.8, 4) is 17.0 Å². The van der Waals surface area contributed by atoms with E-state index < -0.39 is 11.6 Å². The van der Waals surface area contributed by atoms with Crippen molar-refractivity contribution in [1.29, 1.82) is 0 Å². The number of benzene rings is 2. The Morgan fingerprint density at radius 2 is 1.92 bits per heavy atom. The van der Waals surface area contributed by atoms with E-state index in [4.69, 9.17) is 4.74 Å². The molecule has 9 heteroatoms. The highest BCUT2D eigenvalue weighted by atomic mass is 19.1. The summed E-state index contributed by atoms with van der Waals surface area (Å²) < 4.78 is 35.5. The van der Waals surface area contributed by atoms with Gasteiger partial charge in [-0.2, -0.15) is 0 Å². The van der Waals surface area contributed by atoms with Crippen LogP contribution in [0.4, 0.5) is 14.5 Å². The van der Waals surface area contributed by atoms with Gasteiger partial charge in [0.15, 0.2) is 17.4 Å². The van der Waals surface area contributed by atoms with Crippen LogP contribution in [-0.4, -0.2) is 72.1 Å². The lowest BCUT2D eigenvalue weighted by Crippen LogP contribution is -2.40. The van der Waals surface area contributed by atoms with Gasteiger partial charge in [-0.3, -0.25) is 4.79 Å². The van der Waals surface area contributed by atoms with Crippen molar-refractivity contribution < 1.29 is 18.3 Å². The molecule has 38 heavy (non-hydrogen) atoms. The number of carbonyl (C=O) groups is 1. The van der Waals surface area contributed by atoms with E-state index in [1.807, 2.05) is 48.7 Å². The molecule has 0 saturated carbocycles. The Hall–Kier alpha value is -3.59. The molecule has 3 heterocycles. The maximum atomic E-state index is 15.0. The molecule has 200 valence electrons. The Balaban J connectivity index is 1.41. The standard InChI is InChI=1S/C29H33F2N5O2/c1-18(2)36-9-10-38-29-23(30)13-21(14-25(29)36)28-24(31)15-32-26(33-28)12-19-5-6-20-7-8-35(16-22(20)11-19)27(37)17-34(3)4/h5-6,11,13-15,18H,7-10,12,16-17H2,1-4H3. The van der Waals surface area contributed by atoms with E-state index in [0.717, 1.165) is 23.7 Å². The van der Waals surface area contributed by atoms with Crippen LogP contribution in [0.15, 0.2) is 36.5 Å². The van der Waals surface area contributed by atoms with E-state index in [1.165, 1.54) is 11.6 Å². The second kappa shape index (κ2) is 10.6. The molecule has 0 aliphatic carbocycles. The molecule has 5 rings (SSSR count). The first kappa shape index (κ1) is 26.0. The quantitative estimate of drug-likeness (QED) is 0.488. The molecule has 0 spiro atoms. The van der Waals surface area contributed by atoms with E-state index in [-0.39, 0.29) is 23.4 Å². The predicted molar refractivity (Wildman–Crippen MR) is 142 cm³/mol. The lowest BCUT2D eigenvalue weighted by atomic mass is 9.96. The van der Waals surface area contributed by atoms with Crippen LogP contribution in [0.25, 0.3) is 11.3 Å². The van der Waals surface area contributed by atoms with Gasteiger partial charge >= 0.3 is 0 Å². The van der Waals surface area contributed by atoms with Gasteiger partial charge in [0, 0.05) is 31.1 Å². The second-order valence-corrected chi connectivity index (χ2v) is 10.5. The largest absolute Gasteiger partial charge is 0.486 e. The molecular weight excluding hydrogens is 488 g/mol. The number of anilines is 1. The highest BCUT2D eigenvalue weighted by Gasteiger charge is 2.26. The Bertz CT molecular complexity index is 1360. The van der Waals surface area contributed by atoms with E-state index in [0.29, 0.717) is 56.3 Å². The lowest BCUT2D eigenvalue weighted by molar-refractivity contribution is -0.132. The van der Waals surface area contributed by atoms with Crippen LogP contribution in [0.3, 0.4) is 0 Å². The number of amides is 1. The number of aromatic nitrogens is 2. The van der Waals surface area contributed by atoms with Gasteiger partial charge in [-0.1, -0.05) is 18.2 Å². The summed E-state index contributed by atoms with van der Waals surface area (Å²) in [5, 5.41) is 0. The third-order valence-corrected chi connectivity index (χ3v) is 7.05. The first-order valence-electron chi connectivity index (χ1n) is 13.0. The van der Waals surface area contributed by atoms with E-state index >= 15 is 4.39 Å². The maximum Gasteiger partial charge on any atom is 0.237 e. The molecule has 0 bridgehead atoms. The fourth-order valence-corrected chi connectivity index (χ4v) is 5.15. The average Bonchev–Trinajstić information content (AvgIpc) is 2.88. The second-order valence-electron chi connectivity index (χ2n) is 10.5. The Kier molecular flexibility index (Phi) is 7.29. The molecular formula is C29H33F2N5O2. The van der Waals surface area contributed by atoms with Crippen LogP contribution in [0.1, 0.15) is 36.4 Å². The summed E-state index contributed by atoms with van der Waals surface area (Å²) in [6.07, 6.45) is 2.35. The third kappa shape index (κ3) is 5.34. The molecule has 2 aromatic carbocycles. The van der Waals surface area contributed by atoms with Gasteiger partial charge in [0.25, 0.3) is 0 Å². The Labute approximate surface area is 222 Å². The summed E-state index contributed by atoms with van der Waals surface area (Å²) in [5.74, 6) is -0.411. The lowest BCUT2D eigenvalue weighted by Gasteiger charge is -2.34. The van der Waals surface area contributed by atoms with Gasteiger partial charge in [0.2, 0.25) is 5.91 Å². The molecule has 3 aromatic rings. The van der Waals surface area contributed by atoms with Crippen LogP contribution in [0.5, 0.6) is 5.75 Å². The zero-order valence-electron chi connectivity index (χ0n) is 22.3. The van der Waals surface area contributed by atoms with Crippen molar-refractivity contribution >= 4 is 11.6 Å². The third-order valence-electron chi connectivity index (χ3n) is 7.05. The molecule has 1 amide bonds. The molecule has 0 unspecified atom stereocenters. The number of halogens is 2. The minimum Gasteiger partial charge on any atom is -0.486 e. The summed E-state index contributed by atoms with van der Waals surface area (Å²) in [6, 6.07) is 9.34. The van der Waals surface area contributed by atoms with Gasteiger partial charge < -0.3 is 19.4 Å². The molecule has 0 radical (unpaired) electrons. The summed E-state index contributed by atoms with van der Waals surface area (Å²) in [6.45, 7) is 6.73. The number of ether oxygens (including phenoxy) is 1. The molecule has 0 N–H and O–H groups in total. The van der Waals surface area contributed by atoms with E-state index in [2.05, 4.69) is 22.1 Å². The maximum absolute atomic E-state index is 15.0. The highest BCUT2D eigenvalue weighted by Crippen LogP contribution is 2.39. The first-order valence-corrected chi connectivity index (χ1v) is 13.0. The minimum atomic E-state index is -0.610. The summed E-state index contributed by atoms with van der Waals surface area (Å²) in [7, 11) is 3.77. The minimum absolute atomic E-state index is 0.0596. The first-order chi connectivity index (χ1) is 18.2. The van der Waals surface area contributed by atoms with E-state index in [9.17, 15) is 9.18 Å². The number of nitrogens with zero attached hydrogens (tertiary/aromatic N) is 5. The van der Waals surface area contributed by atoms with Crippen molar-refractivity contribution in [2.45, 2.75) is 39.3 Å². The SMILES string of the molecule is CC(C)N1CCOc2c(F)cc(-c3nc(Cc4ccc5c(c4)CN(C(=O)CN(C)C)CC5)ncc3F)cc21. The molecule has 0 fully saturated rings. The predicted octanol–water partition coefficient (Wildman–Crippen LogP) is 4.07. The average molecular weight is 522 g/mol. The van der Waals surface area contributed by atoms with Gasteiger partial charge in [-0.25, -0.2) is 18.7 Å². The number of rotatable bonds is 6. The van der Waals surface area contributed by atoms with Gasteiger partial charge in [-0.15, -0.1) is 0 Å². The number of fused-ring (bicyclic) bond motifs is 2. The van der Waals surface area contributed by atoms with E-state index in [1.54, 1.807) is 6.07 Å². The zero-order chi connectivity index (χ0) is 27.0. The summed E-state index contributed by atoms with van der Waals surface area (Å²) in [5.41, 5.74) is 4.31. The van der Waals surface area contributed by atoms with Crippen LogP contribution >= 0.6 is 0 Å². The van der Waals surface area contributed by atoms with Crippen LogP contribution in [0, 0.1) is 11.6 Å². The van der Waals surface area contributed by atoms with Crippen molar-refractivity contribution in [2.24, 2.45) is 0 Å². The smallest absolute Gasteiger partial charge is 0.237 e. The zero-order valence-corrected chi connectivity index (χ0v) is 22.3. The van der Waals surface area contributed by atoms with Crippen LogP contribution in [-0.2, 0) is 24.2 Å².